The number of rotatable bonds is 6. The zero-order valence-corrected chi connectivity index (χ0v) is 19.5. The number of hydrogen-bond acceptors (Lipinski definition) is 4. The number of amides is 1. The Bertz CT molecular complexity index is 1270. The molecule has 1 aromatic heterocycles. The number of nitrogens with zero attached hydrogens (tertiary/aromatic N) is 1. The molecule has 0 aliphatic heterocycles. The second kappa shape index (κ2) is 10.3. The van der Waals surface area contributed by atoms with Crippen molar-refractivity contribution >= 4 is 34.6 Å². The number of anilines is 1. The van der Waals surface area contributed by atoms with E-state index in [-0.39, 0.29) is 12.4 Å². The summed E-state index contributed by atoms with van der Waals surface area (Å²) in [6, 6.07) is 19.7. The topological polar surface area (TPSA) is 67.0 Å². The monoisotopic (exact) mass is 475 g/mol. The predicted molar refractivity (Wildman–Crippen MR) is 133 cm³/mol. The molecule has 1 aliphatic carbocycles. The third kappa shape index (κ3) is 5.42. The average molecular weight is 476 g/mol. The van der Waals surface area contributed by atoms with Crippen LogP contribution < -0.4 is 5.32 Å². The van der Waals surface area contributed by atoms with Crippen molar-refractivity contribution < 1.29 is 13.9 Å². The predicted octanol–water partition coefficient (Wildman–Crippen LogP) is 7.65. The van der Waals surface area contributed by atoms with Crippen molar-refractivity contribution in [3.05, 3.63) is 83.9 Å². The standard InChI is InChI=1S/C27H26FN3O2S/c28-20-11-13-21(14-12-20)34-25-16-23-22(29-26(30-23)19-9-5-2-6-10-19)15-24(25)31-27(32)33-17-18-7-3-1-4-8-18/h1,3-4,7-8,11-16,19H,2,5-6,9-10,17H2,(H,29,30)(H,31,32). The molecule has 1 aliphatic rings. The second-order valence-corrected chi connectivity index (χ2v) is 9.68. The number of fused-ring (bicyclic) bond motifs is 1. The molecule has 5 nitrogen and oxygen atoms in total. The normalized spacial score (nSPS) is 14.3. The van der Waals surface area contributed by atoms with E-state index < -0.39 is 6.09 Å². The Labute approximate surface area is 202 Å². The van der Waals surface area contributed by atoms with Gasteiger partial charge in [-0.25, -0.2) is 14.2 Å². The maximum atomic E-state index is 13.4. The quantitative estimate of drug-likeness (QED) is 0.301. The van der Waals surface area contributed by atoms with Gasteiger partial charge in [0.05, 0.1) is 16.7 Å². The zero-order chi connectivity index (χ0) is 23.3. The lowest BCUT2D eigenvalue weighted by Gasteiger charge is -2.18. The summed E-state index contributed by atoms with van der Waals surface area (Å²) in [5.74, 6) is 1.17. The van der Waals surface area contributed by atoms with Gasteiger partial charge in [-0.1, -0.05) is 61.4 Å². The maximum absolute atomic E-state index is 13.4. The molecule has 0 spiro atoms. The fourth-order valence-electron chi connectivity index (χ4n) is 4.31. The minimum atomic E-state index is -0.531. The van der Waals surface area contributed by atoms with Gasteiger partial charge in [0.1, 0.15) is 18.2 Å². The Hall–Kier alpha value is -3.32. The Kier molecular flexibility index (Phi) is 6.81. The first-order valence-electron chi connectivity index (χ1n) is 11.6. The van der Waals surface area contributed by atoms with Crippen LogP contribution in [0, 0.1) is 5.82 Å². The molecule has 0 bridgehead atoms. The van der Waals surface area contributed by atoms with Crippen LogP contribution in [0.15, 0.2) is 76.5 Å². The van der Waals surface area contributed by atoms with Gasteiger partial charge in [0, 0.05) is 15.7 Å². The number of aromatic amines is 1. The lowest BCUT2D eigenvalue weighted by atomic mass is 9.89. The second-order valence-electron chi connectivity index (χ2n) is 8.57. The van der Waals surface area contributed by atoms with E-state index in [1.165, 1.54) is 43.2 Å². The van der Waals surface area contributed by atoms with Gasteiger partial charge in [-0.3, -0.25) is 5.32 Å². The van der Waals surface area contributed by atoms with Crippen molar-refractivity contribution in [1.82, 2.24) is 9.97 Å². The maximum Gasteiger partial charge on any atom is 0.411 e. The number of carbonyl (C=O) groups excluding carboxylic acids is 1. The zero-order valence-electron chi connectivity index (χ0n) is 18.7. The number of hydrogen-bond donors (Lipinski definition) is 2. The van der Waals surface area contributed by atoms with Crippen molar-refractivity contribution in [3.8, 4) is 0 Å². The van der Waals surface area contributed by atoms with Crippen molar-refractivity contribution in [1.29, 1.82) is 0 Å². The smallest absolute Gasteiger partial charge is 0.411 e. The number of ether oxygens (including phenoxy) is 1. The fraction of sp³-hybridized carbons (Fsp3) is 0.259. The number of imidazole rings is 1. The van der Waals surface area contributed by atoms with Crippen molar-refractivity contribution in [2.24, 2.45) is 0 Å². The number of halogens is 1. The minimum absolute atomic E-state index is 0.186. The van der Waals surface area contributed by atoms with Crippen LogP contribution in [-0.4, -0.2) is 16.1 Å². The first kappa shape index (κ1) is 22.5. The molecule has 3 aromatic carbocycles. The van der Waals surface area contributed by atoms with E-state index in [0.717, 1.165) is 45.1 Å². The molecule has 5 rings (SSSR count). The molecule has 0 saturated heterocycles. The van der Waals surface area contributed by atoms with Gasteiger partial charge >= 0.3 is 6.09 Å². The summed E-state index contributed by atoms with van der Waals surface area (Å²) in [7, 11) is 0. The Morgan fingerprint density at radius 2 is 1.82 bits per heavy atom. The largest absolute Gasteiger partial charge is 0.444 e. The molecule has 1 saturated carbocycles. The highest BCUT2D eigenvalue weighted by Gasteiger charge is 2.20. The van der Waals surface area contributed by atoms with Gasteiger partial charge in [-0.05, 0) is 54.8 Å². The number of carbonyl (C=O) groups is 1. The molecule has 4 aromatic rings. The van der Waals surface area contributed by atoms with Crippen molar-refractivity contribution in [2.45, 2.75) is 54.4 Å². The number of H-pyrrole nitrogens is 1. The van der Waals surface area contributed by atoms with E-state index in [1.807, 2.05) is 42.5 Å². The Morgan fingerprint density at radius 1 is 1.06 bits per heavy atom. The van der Waals surface area contributed by atoms with E-state index in [4.69, 9.17) is 9.72 Å². The summed E-state index contributed by atoms with van der Waals surface area (Å²) in [5.41, 5.74) is 3.27. The molecule has 34 heavy (non-hydrogen) atoms. The molecule has 1 fully saturated rings. The van der Waals surface area contributed by atoms with Crippen LogP contribution in [0.2, 0.25) is 0 Å². The molecule has 174 valence electrons. The first-order valence-corrected chi connectivity index (χ1v) is 12.4. The average Bonchev–Trinajstić information content (AvgIpc) is 3.28. The molecule has 2 N–H and O–H groups in total. The molecule has 1 amide bonds. The summed E-state index contributed by atoms with van der Waals surface area (Å²) in [6.07, 6.45) is 5.51. The first-order chi connectivity index (χ1) is 16.6. The molecule has 7 heteroatoms. The third-order valence-corrected chi connectivity index (χ3v) is 7.15. The molecule has 0 atom stereocenters. The van der Waals surface area contributed by atoms with Crippen LogP contribution in [0.25, 0.3) is 11.0 Å². The van der Waals surface area contributed by atoms with E-state index in [9.17, 15) is 9.18 Å². The van der Waals surface area contributed by atoms with Gasteiger partial charge < -0.3 is 9.72 Å². The highest BCUT2D eigenvalue weighted by molar-refractivity contribution is 7.99. The minimum Gasteiger partial charge on any atom is -0.444 e. The third-order valence-electron chi connectivity index (χ3n) is 6.08. The van der Waals surface area contributed by atoms with Crippen LogP contribution in [0.4, 0.5) is 14.9 Å². The van der Waals surface area contributed by atoms with Crippen LogP contribution in [0.5, 0.6) is 0 Å². The molecule has 1 heterocycles. The lowest BCUT2D eigenvalue weighted by Crippen LogP contribution is -2.14. The van der Waals surface area contributed by atoms with Gasteiger partial charge in [0.2, 0.25) is 0 Å². The number of aromatic nitrogens is 2. The molecular formula is C27H26FN3O2S. The summed E-state index contributed by atoms with van der Waals surface area (Å²) >= 11 is 1.45. The van der Waals surface area contributed by atoms with E-state index in [1.54, 1.807) is 12.1 Å². The molecular weight excluding hydrogens is 449 g/mol. The number of benzene rings is 3. The van der Waals surface area contributed by atoms with Gasteiger partial charge in [0.25, 0.3) is 0 Å². The SMILES string of the molecule is O=C(Nc1cc2[nH]c(C3CCCCC3)nc2cc1Sc1ccc(F)cc1)OCc1ccccc1. The van der Waals surface area contributed by atoms with Gasteiger partial charge in [0.15, 0.2) is 0 Å². The van der Waals surface area contributed by atoms with E-state index in [2.05, 4.69) is 10.3 Å². The van der Waals surface area contributed by atoms with E-state index in [0.29, 0.717) is 11.6 Å². The summed E-state index contributed by atoms with van der Waals surface area (Å²) < 4.78 is 18.8. The van der Waals surface area contributed by atoms with Crippen LogP contribution in [0.1, 0.15) is 49.4 Å². The summed E-state index contributed by atoms with van der Waals surface area (Å²) in [6.45, 7) is 0.186. The van der Waals surface area contributed by atoms with E-state index >= 15 is 0 Å². The highest BCUT2D eigenvalue weighted by Crippen LogP contribution is 2.38. The Morgan fingerprint density at radius 3 is 2.59 bits per heavy atom. The Balaban J connectivity index is 1.41. The van der Waals surface area contributed by atoms with Crippen molar-refractivity contribution in [2.75, 3.05) is 5.32 Å². The number of nitrogens with one attached hydrogen (secondary N) is 2. The fourth-order valence-corrected chi connectivity index (χ4v) is 5.22. The van der Waals surface area contributed by atoms with Gasteiger partial charge in [-0.2, -0.15) is 0 Å². The highest BCUT2D eigenvalue weighted by atomic mass is 32.2. The van der Waals surface area contributed by atoms with Gasteiger partial charge in [-0.15, -0.1) is 0 Å². The molecule has 0 unspecified atom stereocenters. The molecule has 0 radical (unpaired) electrons. The van der Waals surface area contributed by atoms with Crippen molar-refractivity contribution in [3.63, 3.8) is 0 Å². The van der Waals surface area contributed by atoms with Crippen LogP contribution in [-0.2, 0) is 11.3 Å². The van der Waals surface area contributed by atoms with Crippen LogP contribution >= 0.6 is 11.8 Å². The lowest BCUT2D eigenvalue weighted by molar-refractivity contribution is 0.155. The van der Waals surface area contributed by atoms with Crippen LogP contribution in [0.3, 0.4) is 0 Å². The summed E-state index contributed by atoms with van der Waals surface area (Å²) in [5, 5.41) is 2.89. The summed E-state index contributed by atoms with van der Waals surface area (Å²) in [4.78, 5) is 22.6.